The van der Waals surface area contributed by atoms with Crippen LogP contribution in [0.5, 0.6) is 0 Å². The first-order valence-electron chi connectivity index (χ1n) is 11.7. The standard InChI is InChI=1S/C27H28F3N3O5/c1-16(2)22-23(35)33(20(15-32(22)25(37)38-4)18-11-7-5-8-12-18)26(31,24(36)27(28,29)30)21(17(3)34)19-13-9-6-10-14-19/h5-16,21-22H,31H2,1-4H3. The van der Waals surface area contributed by atoms with Gasteiger partial charge in [-0.05, 0) is 24.0 Å². The predicted molar refractivity (Wildman–Crippen MR) is 132 cm³/mol. The second kappa shape index (κ2) is 10.8. The van der Waals surface area contributed by atoms with Crippen LogP contribution >= 0.6 is 0 Å². The van der Waals surface area contributed by atoms with Crippen LogP contribution < -0.4 is 5.73 Å². The Hall–Kier alpha value is -3.99. The lowest BCUT2D eigenvalue weighted by Crippen LogP contribution is -2.73. The summed E-state index contributed by atoms with van der Waals surface area (Å²) in [5.74, 6) is -6.97. The number of nitrogens with zero attached hydrogens (tertiary/aromatic N) is 2. The largest absolute Gasteiger partial charge is 0.454 e. The normalized spacial score (nSPS) is 18.5. The van der Waals surface area contributed by atoms with E-state index < -0.39 is 53.3 Å². The lowest BCUT2D eigenvalue weighted by atomic mass is 9.77. The summed E-state index contributed by atoms with van der Waals surface area (Å²) in [6.45, 7) is 4.15. The van der Waals surface area contributed by atoms with Gasteiger partial charge < -0.3 is 10.5 Å². The summed E-state index contributed by atoms with van der Waals surface area (Å²) in [5, 5.41) is 0. The van der Waals surface area contributed by atoms with Gasteiger partial charge in [0.05, 0.1) is 18.7 Å². The molecule has 3 unspecified atom stereocenters. The molecular formula is C27H28F3N3O5. The number of nitrogens with two attached hydrogens (primary N) is 1. The third-order valence-electron chi connectivity index (χ3n) is 6.33. The predicted octanol–water partition coefficient (Wildman–Crippen LogP) is 4.08. The summed E-state index contributed by atoms with van der Waals surface area (Å²) in [6, 6.07) is 13.6. The SMILES string of the molecule is COC(=O)N1C=C(c2ccccc2)N(C(N)(C(=O)C(F)(F)F)C(C(C)=O)c2ccccc2)C(=O)C1C(C)C. The molecule has 0 saturated heterocycles. The highest BCUT2D eigenvalue weighted by Gasteiger charge is 2.63. The summed E-state index contributed by atoms with van der Waals surface area (Å²) < 4.78 is 47.5. The molecule has 0 bridgehead atoms. The fourth-order valence-corrected chi connectivity index (χ4v) is 4.74. The van der Waals surface area contributed by atoms with Crippen molar-refractivity contribution in [3.8, 4) is 0 Å². The molecule has 2 N–H and O–H groups in total. The summed E-state index contributed by atoms with van der Waals surface area (Å²) >= 11 is 0. The molecule has 0 aliphatic carbocycles. The number of ketones is 2. The topological polar surface area (TPSA) is 110 Å². The molecule has 3 rings (SSSR count). The molecule has 2 amide bonds. The van der Waals surface area contributed by atoms with E-state index in [1.54, 1.807) is 38.1 Å². The number of alkyl halides is 3. The van der Waals surface area contributed by atoms with Crippen molar-refractivity contribution in [2.45, 2.75) is 44.6 Å². The van der Waals surface area contributed by atoms with E-state index >= 15 is 0 Å². The Balaban J connectivity index is 2.46. The number of carbonyl (C=O) groups is 4. The van der Waals surface area contributed by atoms with Crippen LogP contribution in [0.4, 0.5) is 18.0 Å². The number of methoxy groups -OCH3 is 1. The molecule has 202 valence electrons. The molecule has 0 saturated carbocycles. The van der Waals surface area contributed by atoms with Crippen LogP contribution in [0.1, 0.15) is 37.8 Å². The first-order valence-corrected chi connectivity index (χ1v) is 11.7. The maximum atomic E-state index is 14.2. The first kappa shape index (κ1) is 28.6. The van der Waals surface area contributed by atoms with E-state index in [0.717, 1.165) is 25.1 Å². The van der Waals surface area contributed by atoms with Gasteiger partial charge in [0.2, 0.25) is 0 Å². The van der Waals surface area contributed by atoms with Crippen molar-refractivity contribution in [3.63, 3.8) is 0 Å². The van der Waals surface area contributed by atoms with E-state index in [2.05, 4.69) is 0 Å². The fraction of sp³-hybridized carbons (Fsp3) is 0.333. The molecule has 11 heteroatoms. The number of amides is 2. The zero-order valence-corrected chi connectivity index (χ0v) is 21.2. The smallest absolute Gasteiger partial charge is 0.452 e. The minimum Gasteiger partial charge on any atom is -0.452 e. The van der Waals surface area contributed by atoms with Gasteiger partial charge in [0.25, 0.3) is 11.7 Å². The van der Waals surface area contributed by atoms with Gasteiger partial charge in [-0.25, -0.2) is 4.79 Å². The van der Waals surface area contributed by atoms with Gasteiger partial charge in [0.15, 0.2) is 5.66 Å². The van der Waals surface area contributed by atoms with Gasteiger partial charge in [-0.2, -0.15) is 13.2 Å². The Kier molecular flexibility index (Phi) is 8.11. The molecule has 2 aromatic rings. The number of Topliss-reactive ketones (excluding diaryl/α,β-unsaturated/α-hetero) is 2. The molecule has 3 atom stereocenters. The van der Waals surface area contributed by atoms with E-state index in [4.69, 9.17) is 10.5 Å². The van der Waals surface area contributed by atoms with E-state index in [-0.39, 0.29) is 16.8 Å². The molecular weight excluding hydrogens is 503 g/mol. The summed E-state index contributed by atoms with van der Waals surface area (Å²) in [6.07, 6.45) is -5.34. The van der Waals surface area contributed by atoms with Crippen molar-refractivity contribution in [2.24, 2.45) is 11.7 Å². The summed E-state index contributed by atoms with van der Waals surface area (Å²) in [5.41, 5.74) is 3.13. The van der Waals surface area contributed by atoms with E-state index in [0.29, 0.717) is 4.90 Å². The average molecular weight is 532 g/mol. The molecule has 1 aliphatic rings. The molecule has 8 nitrogen and oxygen atoms in total. The highest BCUT2D eigenvalue weighted by Crippen LogP contribution is 2.43. The number of ether oxygens (including phenoxy) is 1. The molecule has 0 radical (unpaired) electrons. The van der Waals surface area contributed by atoms with Gasteiger partial charge in [-0.15, -0.1) is 0 Å². The van der Waals surface area contributed by atoms with Crippen LogP contribution in [0.15, 0.2) is 66.9 Å². The third kappa shape index (κ3) is 5.06. The molecule has 0 spiro atoms. The molecule has 0 aromatic heterocycles. The van der Waals surface area contributed by atoms with Crippen LogP contribution in [-0.4, -0.2) is 58.4 Å². The van der Waals surface area contributed by atoms with Crippen molar-refractivity contribution in [2.75, 3.05) is 7.11 Å². The van der Waals surface area contributed by atoms with Crippen LogP contribution in [0.2, 0.25) is 0 Å². The number of benzene rings is 2. The van der Waals surface area contributed by atoms with Crippen LogP contribution in [0.25, 0.3) is 5.70 Å². The van der Waals surface area contributed by atoms with E-state index in [9.17, 15) is 32.3 Å². The van der Waals surface area contributed by atoms with Crippen molar-refractivity contribution >= 4 is 29.3 Å². The Morgan fingerprint density at radius 2 is 1.50 bits per heavy atom. The highest BCUT2D eigenvalue weighted by atomic mass is 19.4. The number of halogens is 3. The third-order valence-corrected chi connectivity index (χ3v) is 6.33. The molecule has 0 fully saturated rings. The summed E-state index contributed by atoms with van der Waals surface area (Å²) in [7, 11) is 1.09. The average Bonchev–Trinajstić information content (AvgIpc) is 2.87. The molecule has 1 aliphatic heterocycles. The first-order chi connectivity index (χ1) is 17.8. The van der Waals surface area contributed by atoms with Gasteiger partial charge in [0, 0.05) is 6.20 Å². The Morgan fingerprint density at radius 1 is 0.974 bits per heavy atom. The monoisotopic (exact) mass is 531 g/mol. The van der Waals surface area contributed by atoms with Crippen LogP contribution in [-0.2, 0) is 19.1 Å². The highest BCUT2D eigenvalue weighted by molar-refractivity contribution is 6.07. The summed E-state index contributed by atoms with van der Waals surface area (Å²) in [4.78, 5) is 54.6. The van der Waals surface area contributed by atoms with Crippen molar-refractivity contribution < 1.29 is 37.1 Å². The van der Waals surface area contributed by atoms with E-state index in [1.807, 2.05) is 0 Å². The molecule has 1 heterocycles. The van der Waals surface area contributed by atoms with Gasteiger partial charge in [0.1, 0.15) is 11.8 Å². The minimum atomic E-state index is -5.52. The maximum Gasteiger partial charge on any atom is 0.454 e. The zero-order valence-electron chi connectivity index (χ0n) is 21.2. The van der Waals surface area contributed by atoms with Crippen LogP contribution in [0.3, 0.4) is 0 Å². The second-order valence-corrected chi connectivity index (χ2v) is 9.23. The number of hydrogen-bond donors (Lipinski definition) is 1. The maximum absolute atomic E-state index is 14.2. The minimum absolute atomic E-state index is 0.0109. The van der Waals surface area contributed by atoms with Crippen molar-refractivity contribution in [1.29, 1.82) is 0 Å². The number of hydrogen-bond acceptors (Lipinski definition) is 6. The van der Waals surface area contributed by atoms with Crippen molar-refractivity contribution in [3.05, 3.63) is 78.0 Å². The van der Waals surface area contributed by atoms with Crippen LogP contribution in [0, 0.1) is 5.92 Å². The van der Waals surface area contributed by atoms with Gasteiger partial charge in [-0.3, -0.25) is 24.2 Å². The lowest BCUT2D eigenvalue weighted by Gasteiger charge is -2.49. The quantitative estimate of drug-likeness (QED) is 0.577. The second-order valence-electron chi connectivity index (χ2n) is 9.23. The lowest BCUT2D eigenvalue weighted by molar-refractivity contribution is -0.186. The molecule has 2 aromatic carbocycles. The Morgan fingerprint density at radius 3 is 1.95 bits per heavy atom. The Bertz CT molecular complexity index is 1250. The fourth-order valence-electron chi connectivity index (χ4n) is 4.74. The number of carbonyl (C=O) groups excluding carboxylic acids is 4. The van der Waals surface area contributed by atoms with Gasteiger partial charge >= 0.3 is 12.3 Å². The zero-order chi connectivity index (χ0) is 28.4. The van der Waals surface area contributed by atoms with E-state index in [1.165, 1.54) is 36.4 Å². The Labute approximate surface area is 217 Å². The van der Waals surface area contributed by atoms with Crippen molar-refractivity contribution in [1.82, 2.24) is 9.80 Å². The van der Waals surface area contributed by atoms with Gasteiger partial charge in [-0.1, -0.05) is 74.5 Å². The molecule has 38 heavy (non-hydrogen) atoms. The number of rotatable bonds is 7.